The molecule has 2 N–H and O–H groups in total. The number of benzene rings is 4. The molecule has 0 spiro atoms. The number of hydrogen-bond acceptors (Lipinski definition) is 5. The zero-order valence-corrected chi connectivity index (χ0v) is 23.4. The molecule has 0 saturated heterocycles. The van der Waals surface area contributed by atoms with Crippen LogP contribution in [0.25, 0.3) is 38.9 Å². The van der Waals surface area contributed by atoms with Crippen molar-refractivity contribution in [2.24, 2.45) is 0 Å². The fourth-order valence-corrected chi connectivity index (χ4v) is 6.02. The van der Waals surface area contributed by atoms with Gasteiger partial charge in [0.25, 0.3) is 0 Å². The van der Waals surface area contributed by atoms with Crippen LogP contribution in [0.1, 0.15) is 18.1 Å². The summed E-state index contributed by atoms with van der Waals surface area (Å²) >= 11 is 1.31. The van der Waals surface area contributed by atoms with Crippen molar-refractivity contribution in [3.05, 3.63) is 96.1 Å². The fourth-order valence-electron chi connectivity index (χ4n) is 5.27. The quantitative estimate of drug-likeness (QED) is 0.208. The zero-order chi connectivity index (χ0) is 27.8. The van der Waals surface area contributed by atoms with Crippen LogP contribution in [0.2, 0.25) is 0 Å². The number of amides is 1. The van der Waals surface area contributed by atoms with Gasteiger partial charge in [0.2, 0.25) is 5.91 Å². The Morgan fingerprint density at radius 1 is 0.900 bits per heavy atom. The molecule has 0 saturated carbocycles. The van der Waals surface area contributed by atoms with Crippen molar-refractivity contribution >= 4 is 45.2 Å². The molecule has 0 aliphatic rings. The SMILES string of the molecule is CCn1c2ccccc2c2cc(NC(=O)CSc3nnc(-c4ccccc4O)n3-c3ccc(C)cc3C)ccc21. The summed E-state index contributed by atoms with van der Waals surface area (Å²) in [5.41, 5.74) is 6.75. The highest BCUT2D eigenvalue weighted by Crippen LogP contribution is 2.34. The number of thioether (sulfide) groups is 1. The lowest BCUT2D eigenvalue weighted by atomic mass is 10.1. The minimum atomic E-state index is -0.136. The van der Waals surface area contributed by atoms with Crippen molar-refractivity contribution in [1.29, 1.82) is 0 Å². The van der Waals surface area contributed by atoms with Crippen molar-refractivity contribution in [2.75, 3.05) is 11.1 Å². The standard InChI is InChI=1S/C32H29N5O2S/c1-4-36-27-11-7-5-9-23(27)25-18-22(14-16-28(25)36)33-30(39)19-40-32-35-34-31(24-10-6-8-12-29(24)38)37(32)26-15-13-20(2)17-21(26)3/h5-18,38H,4,19H2,1-3H3,(H,33,39). The number of rotatable bonds is 7. The van der Waals surface area contributed by atoms with Gasteiger partial charge in [-0.05, 0) is 68.8 Å². The molecule has 7 nitrogen and oxygen atoms in total. The van der Waals surface area contributed by atoms with E-state index in [4.69, 9.17) is 0 Å². The number of aromatic hydroxyl groups is 1. The zero-order valence-electron chi connectivity index (χ0n) is 22.5. The number of nitrogens with one attached hydrogen (secondary N) is 1. The second kappa shape index (κ2) is 10.5. The summed E-state index contributed by atoms with van der Waals surface area (Å²) < 4.78 is 4.20. The number of fused-ring (bicyclic) bond motifs is 3. The summed E-state index contributed by atoms with van der Waals surface area (Å²) in [6.07, 6.45) is 0. The molecule has 2 aromatic heterocycles. The summed E-state index contributed by atoms with van der Waals surface area (Å²) in [4.78, 5) is 13.1. The molecule has 200 valence electrons. The van der Waals surface area contributed by atoms with Crippen molar-refractivity contribution in [1.82, 2.24) is 19.3 Å². The van der Waals surface area contributed by atoms with Gasteiger partial charge in [0, 0.05) is 34.0 Å². The minimum Gasteiger partial charge on any atom is -0.507 e. The van der Waals surface area contributed by atoms with Crippen LogP contribution in [-0.2, 0) is 11.3 Å². The molecule has 6 rings (SSSR count). The average molecular weight is 548 g/mol. The van der Waals surface area contributed by atoms with Crippen LogP contribution in [0.15, 0.2) is 90.1 Å². The number of aryl methyl sites for hydroxylation is 3. The third-order valence-corrected chi connectivity index (χ3v) is 8.01. The lowest BCUT2D eigenvalue weighted by Gasteiger charge is -2.14. The molecular weight excluding hydrogens is 518 g/mol. The third-order valence-electron chi connectivity index (χ3n) is 7.08. The average Bonchev–Trinajstić information content (AvgIpc) is 3.51. The second-order valence-corrected chi connectivity index (χ2v) is 10.7. The number of carbonyl (C=O) groups excluding carboxylic acids is 1. The van der Waals surface area contributed by atoms with E-state index in [1.165, 1.54) is 22.7 Å². The van der Waals surface area contributed by atoms with Gasteiger partial charge in [-0.1, -0.05) is 59.8 Å². The Morgan fingerprint density at radius 2 is 1.68 bits per heavy atom. The molecular formula is C32H29N5O2S. The molecule has 40 heavy (non-hydrogen) atoms. The number of phenolic OH excluding ortho intramolecular Hbond substituents is 1. The number of aromatic nitrogens is 4. The van der Waals surface area contributed by atoms with Gasteiger partial charge < -0.3 is 15.0 Å². The first kappa shape index (κ1) is 25.7. The number of carbonyl (C=O) groups is 1. The highest BCUT2D eigenvalue weighted by molar-refractivity contribution is 7.99. The summed E-state index contributed by atoms with van der Waals surface area (Å²) in [5.74, 6) is 0.655. The van der Waals surface area contributed by atoms with E-state index in [1.54, 1.807) is 12.1 Å². The van der Waals surface area contributed by atoms with Crippen molar-refractivity contribution < 1.29 is 9.90 Å². The van der Waals surface area contributed by atoms with E-state index in [9.17, 15) is 9.90 Å². The molecule has 0 radical (unpaired) electrons. The van der Waals surface area contributed by atoms with Gasteiger partial charge in [-0.2, -0.15) is 0 Å². The van der Waals surface area contributed by atoms with Gasteiger partial charge in [0.1, 0.15) is 5.75 Å². The Labute approximate surface area is 236 Å². The van der Waals surface area contributed by atoms with Gasteiger partial charge in [-0.25, -0.2) is 0 Å². The molecule has 0 fully saturated rings. The van der Waals surface area contributed by atoms with Crippen LogP contribution in [0, 0.1) is 13.8 Å². The Hall–Kier alpha value is -4.56. The van der Waals surface area contributed by atoms with Crippen LogP contribution in [0.3, 0.4) is 0 Å². The maximum atomic E-state index is 13.1. The Balaban J connectivity index is 1.29. The van der Waals surface area contributed by atoms with Gasteiger partial charge in [-0.3, -0.25) is 9.36 Å². The van der Waals surface area contributed by atoms with E-state index in [1.807, 2.05) is 60.9 Å². The molecule has 1 amide bonds. The largest absolute Gasteiger partial charge is 0.507 e. The smallest absolute Gasteiger partial charge is 0.234 e. The molecule has 0 bridgehead atoms. The van der Waals surface area contributed by atoms with Gasteiger partial charge in [0.15, 0.2) is 11.0 Å². The molecule has 0 aliphatic heterocycles. The molecule has 0 aliphatic carbocycles. The van der Waals surface area contributed by atoms with Gasteiger partial charge >= 0.3 is 0 Å². The van der Waals surface area contributed by atoms with Crippen LogP contribution in [-0.4, -0.2) is 36.1 Å². The van der Waals surface area contributed by atoms with E-state index >= 15 is 0 Å². The van der Waals surface area contributed by atoms with E-state index in [0.29, 0.717) is 16.5 Å². The fraction of sp³-hybridized carbons (Fsp3) is 0.156. The molecule has 4 aromatic carbocycles. The van der Waals surface area contributed by atoms with E-state index < -0.39 is 0 Å². The van der Waals surface area contributed by atoms with Crippen LogP contribution in [0.5, 0.6) is 5.75 Å². The minimum absolute atomic E-state index is 0.120. The highest BCUT2D eigenvalue weighted by Gasteiger charge is 2.20. The lowest BCUT2D eigenvalue weighted by molar-refractivity contribution is -0.113. The van der Waals surface area contributed by atoms with Crippen LogP contribution < -0.4 is 5.32 Å². The number of nitrogens with zero attached hydrogens (tertiary/aromatic N) is 4. The molecule has 2 heterocycles. The monoisotopic (exact) mass is 547 g/mol. The molecule has 0 atom stereocenters. The molecule has 6 aromatic rings. The van der Waals surface area contributed by atoms with Gasteiger partial charge in [0.05, 0.1) is 17.0 Å². The highest BCUT2D eigenvalue weighted by atomic mass is 32.2. The van der Waals surface area contributed by atoms with E-state index in [0.717, 1.165) is 39.9 Å². The molecule has 0 unspecified atom stereocenters. The maximum Gasteiger partial charge on any atom is 0.234 e. The normalized spacial score (nSPS) is 11.4. The van der Waals surface area contributed by atoms with Crippen molar-refractivity contribution in [2.45, 2.75) is 32.5 Å². The molecule has 8 heteroatoms. The van der Waals surface area contributed by atoms with E-state index in [2.05, 4.69) is 57.3 Å². The number of phenols is 1. The number of para-hydroxylation sites is 2. The Kier molecular flexibility index (Phi) is 6.77. The first-order valence-electron chi connectivity index (χ1n) is 13.2. The van der Waals surface area contributed by atoms with Gasteiger partial charge in [-0.15, -0.1) is 10.2 Å². The third kappa shape index (κ3) is 4.60. The summed E-state index contributed by atoms with van der Waals surface area (Å²) in [7, 11) is 0. The first-order valence-corrected chi connectivity index (χ1v) is 14.2. The first-order chi connectivity index (χ1) is 19.4. The summed E-state index contributed by atoms with van der Waals surface area (Å²) in [6, 6.07) is 27.6. The predicted octanol–water partition coefficient (Wildman–Crippen LogP) is 7.12. The van der Waals surface area contributed by atoms with Crippen molar-refractivity contribution in [3.63, 3.8) is 0 Å². The maximum absolute atomic E-state index is 13.1. The topological polar surface area (TPSA) is 85.0 Å². The summed E-state index contributed by atoms with van der Waals surface area (Å²) in [5, 5.41) is 25.3. The predicted molar refractivity (Wildman–Crippen MR) is 162 cm³/mol. The Bertz CT molecular complexity index is 1890. The van der Waals surface area contributed by atoms with Crippen LogP contribution in [0.4, 0.5) is 5.69 Å². The van der Waals surface area contributed by atoms with Crippen molar-refractivity contribution in [3.8, 4) is 22.8 Å². The Morgan fingerprint density at radius 3 is 2.48 bits per heavy atom. The second-order valence-electron chi connectivity index (χ2n) is 9.78. The van der Waals surface area contributed by atoms with Crippen LogP contribution >= 0.6 is 11.8 Å². The number of anilines is 1. The van der Waals surface area contributed by atoms with E-state index in [-0.39, 0.29) is 17.4 Å². The lowest BCUT2D eigenvalue weighted by Crippen LogP contribution is -2.14. The summed E-state index contributed by atoms with van der Waals surface area (Å²) in [6.45, 7) is 7.09. The number of hydrogen-bond donors (Lipinski definition) is 2.